The van der Waals surface area contributed by atoms with Gasteiger partial charge >= 0.3 is 0 Å². The monoisotopic (exact) mass is 639 g/mol. The average Bonchev–Trinajstić information content (AvgIpc) is 3.93. The Balaban J connectivity index is 0.000000339. The molecule has 3 fully saturated rings. The van der Waals surface area contributed by atoms with E-state index in [2.05, 4.69) is 129 Å². The summed E-state index contributed by atoms with van der Waals surface area (Å²) in [5.74, 6) is 0.295. The molecule has 1 saturated heterocycles. The fourth-order valence-electron chi connectivity index (χ4n) is 7.29. The lowest BCUT2D eigenvalue weighted by Crippen LogP contribution is -2.31. The van der Waals surface area contributed by atoms with Gasteiger partial charge in [0.05, 0.1) is 30.4 Å². The van der Waals surface area contributed by atoms with Gasteiger partial charge in [-0.3, -0.25) is 0 Å². The molecule has 238 valence electrons. The number of aliphatic hydroxyl groups excluding tert-OH is 1. The molecule has 4 aromatic rings. The Morgan fingerprint density at radius 1 is 0.600 bits per heavy atom. The normalized spacial score (nSPS) is 20.2. The second-order valence-corrected chi connectivity index (χ2v) is 19.6. The molecule has 4 heteroatoms. The van der Waals surface area contributed by atoms with Crippen molar-refractivity contribution in [2.45, 2.75) is 76.0 Å². The molecule has 0 bridgehead atoms. The van der Waals surface area contributed by atoms with E-state index in [0.717, 1.165) is 25.2 Å². The highest BCUT2D eigenvalue weighted by atomic mass is 31.2. The van der Waals surface area contributed by atoms with E-state index in [1.165, 1.54) is 79.0 Å². The zero-order chi connectivity index (χ0) is 31.3. The van der Waals surface area contributed by atoms with Gasteiger partial charge in [0.25, 0.3) is 0 Å². The molecule has 0 amide bonds. The molecule has 0 radical (unpaired) electrons. The largest absolute Gasteiger partial charge is 0.388 e. The van der Waals surface area contributed by atoms with Crippen molar-refractivity contribution in [2.24, 2.45) is 5.92 Å². The molecule has 7 rings (SSSR count). The Hall–Kier alpha value is -2.34. The first kappa shape index (κ1) is 34.0. The lowest BCUT2D eigenvalue weighted by molar-refractivity contribution is 0.114. The number of hydrogen-bond acceptors (Lipinski definition) is 2. The summed E-state index contributed by atoms with van der Waals surface area (Å²) in [6, 6.07) is 41.4. The Labute approximate surface area is 274 Å². The van der Waals surface area contributed by atoms with Gasteiger partial charge in [-0.15, -0.1) is 0 Å². The maximum atomic E-state index is 12.1. The quantitative estimate of drug-likeness (QED) is 0.205. The van der Waals surface area contributed by atoms with Gasteiger partial charge in [0.15, 0.2) is 0 Å². The molecule has 0 spiro atoms. The maximum absolute atomic E-state index is 12.1. The minimum atomic E-state index is -1.38. The van der Waals surface area contributed by atoms with Gasteiger partial charge in [0.2, 0.25) is 0 Å². The fourth-order valence-corrected chi connectivity index (χ4v) is 13.2. The van der Waals surface area contributed by atoms with Crippen LogP contribution in [0.15, 0.2) is 115 Å². The number of rotatable bonds is 7. The van der Waals surface area contributed by atoms with Crippen molar-refractivity contribution in [1.82, 2.24) is 0 Å². The highest BCUT2D eigenvalue weighted by molar-refractivity contribution is 7.82. The average molecular weight is 640 g/mol. The van der Waals surface area contributed by atoms with Crippen LogP contribution in [0.3, 0.4) is 0 Å². The summed E-state index contributed by atoms with van der Waals surface area (Å²) in [7, 11) is -2.13. The lowest BCUT2D eigenvalue weighted by atomic mass is 9.94. The Kier molecular flexibility index (Phi) is 13.3. The van der Waals surface area contributed by atoms with Crippen molar-refractivity contribution in [2.75, 3.05) is 26.5 Å². The predicted molar refractivity (Wildman–Crippen MR) is 199 cm³/mol. The van der Waals surface area contributed by atoms with Crippen molar-refractivity contribution in [3.8, 4) is 0 Å². The van der Waals surface area contributed by atoms with Crippen molar-refractivity contribution in [1.29, 1.82) is 0 Å². The van der Waals surface area contributed by atoms with Crippen molar-refractivity contribution in [3.05, 3.63) is 121 Å². The van der Waals surface area contributed by atoms with Crippen LogP contribution >= 0.6 is 15.2 Å². The van der Waals surface area contributed by atoms with Crippen LogP contribution in [0.1, 0.15) is 75.9 Å². The Morgan fingerprint density at radius 2 is 1.09 bits per heavy atom. The van der Waals surface area contributed by atoms with Gasteiger partial charge in [0.1, 0.15) is 0 Å². The van der Waals surface area contributed by atoms with Crippen LogP contribution in [-0.2, 0) is 4.74 Å². The van der Waals surface area contributed by atoms with E-state index < -0.39 is 21.3 Å². The van der Waals surface area contributed by atoms with Gasteiger partial charge in [0, 0.05) is 26.4 Å². The van der Waals surface area contributed by atoms with Crippen LogP contribution in [0.25, 0.3) is 0 Å². The van der Waals surface area contributed by atoms with Crippen LogP contribution in [0.4, 0.5) is 0 Å². The third-order valence-electron chi connectivity index (χ3n) is 9.79. The first-order valence-electron chi connectivity index (χ1n) is 17.2. The standard InChI is InChI=1S/C32H35OP2.C5H10.C4H8O/c1-35(2,27-19-10-5-11-20-27)31-24-14-22-29(31)32(33)28-21-12-13-23-30(28)34(25-15-6-3-7-16-25)26-17-8-4-9-18-26;2*1-2-4-5-3-1/h3-13,15-21,23,29,31-33H,14,22,24H2,1-2H3;1-5H2;1-4H2/q+1;;/t29?,31?,32-;;/m0../s1. The van der Waals surface area contributed by atoms with E-state index in [4.69, 9.17) is 4.74 Å². The third-order valence-corrected chi connectivity index (χ3v) is 16.2. The lowest BCUT2D eigenvalue weighted by Gasteiger charge is -2.33. The summed E-state index contributed by atoms with van der Waals surface area (Å²) in [6.45, 7) is 6.95. The van der Waals surface area contributed by atoms with Crippen molar-refractivity contribution < 1.29 is 9.84 Å². The zero-order valence-electron chi connectivity index (χ0n) is 27.4. The van der Waals surface area contributed by atoms with E-state index in [9.17, 15) is 5.11 Å². The molecule has 3 aliphatic rings. The van der Waals surface area contributed by atoms with Crippen molar-refractivity contribution >= 4 is 36.4 Å². The Morgan fingerprint density at radius 3 is 1.60 bits per heavy atom. The van der Waals surface area contributed by atoms with Gasteiger partial charge in [-0.2, -0.15) is 0 Å². The highest BCUT2D eigenvalue weighted by Gasteiger charge is 2.49. The summed E-state index contributed by atoms with van der Waals surface area (Å²) in [4.78, 5) is 0. The van der Waals surface area contributed by atoms with E-state index in [-0.39, 0.29) is 0 Å². The minimum absolute atomic E-state index is 0.295. The molecule has 2 unspecified atom stereocenters. The number of hydrogen-bond donors (Lipinski definition) is 1. The van der Waals surface area contributed by atoms with Crippen LogP contribution in [-0.4, -0.2) is 37.3 Å². The molecule has 1 aliphatic heterocycles. The number of benzene rings is 4. The van der Waals surface area contributed by atoms with Crippen molar-refractivity contribution in [3.63, 3.8) is 0 Å². The first-order chi connectivity index (χ1) is 22.1. The molecule has 0 aromatic heterocycles. The molecule has 4 aromatic carbocycles. The number of aliphatic hydroxyl groups is 1. The summed E-state index contributed by atoms with van der Waals surface area (Å²) < 4.78 is 4.94. The number of ether oxygens (including phenoxy) is 1. The van der Waals surface area contributed by atoms with Crippen LogP contribution in [0.2, 0.25) is 0 Å². The minimum Gasteiger partial charge on any atom is -0.388 e. The molecule has 2 nitrogen and oxygen atoms in total. The van der Waals surface area contributed by atoms with E-state index >= 15 is 0 Å². The molecule has 2 saturated carbocycles. The molecule has 1 heterocycles. The van der Waals surface area contributed by atoms with E-state index in [0.29, 0.717) is 11.6 Å². The van der Waals surface area contributed by atoms with Gasteiger partial charge in [-0.1, -0.05) is 135 Å². The second kappa shape index (κ2) is 17.5. The summed E-state index contributed by atoms with van der Waals surface area (Å²) in [5, 5.41) is 17.5. The SMILES string of the molecule is C1CCCC1.C1CCOC1.C[P+](C)(c1ccccc1)C1CCCC1[C@@H](O)c1ccccc1P(c1ccccc1)c1ccccc1. The zero-order valence-corrected chi connectivity index (χ0v) is 29.2. The summed E-state index contributed by atoms with van der Waals surface area (Å²) in [5.41, 5.74) is 1.67. The predicted octanol–water partition coefficient (Wildman–Crippen LogP) is 9.00. The summed E-state index contributed by atoms with van der Waals surface area (Å²) >= 11 is 0. The topological polar surface area (TPSA) is 29.5 Å². The van der Waals surface area contributed by atoms with Crippen LogP contribution < -0.4 is 21.2 Å². The summed E-state index contributed by atoms with van der Waals surface area (Å²) in [6.07, 6.45) is 13.1. The maximum Gasteiger partial charge on any atom is 0.0936 e. The fraction of sp³-hybridized carbons (Fsp3) is 0.415. The smallest absolute Gasteiger partial charge is 0.0936 e. The van der Waals surface area contributed by atoms with Gasteiger partial charge in [-0.05, 0) is 73.6 Å². The van der Waals surface area contributed by atoms with E-state index in [1.54, 1.807) is 0 Å². The molecule has 1 N–H and O–H groups in total. The van der Waals surface area contributed by atoms with E-state index in [1.807, 2.05) is 0 Å². The molecule has 45 heavy (non-hydrogen) atoms. The van der Waals surface area contributed by atoms with Crippen LogP contribution in [0, 0.1) is 5.92 Å². The van der Waals surface area contributed by atoms with Gasteiger partial charge in [-0.25, -0.2) is 0 Å². The first-order valence-corrected chi connectivity index (χ1v) is 21.3. The Bertz CT molecular complexity index is 1320. The van der Waals surface area contributed by atoms with Gasteiger partial charge < -0.3 is 9.84 Å². The van der Waals surface area contributed by atoms with Crippen LogP contribution in [0.5, 0.6) is 0 Å². The highest BCUT2D eigenvalue weighted by Crippen LogP contribution is 2.63. The third kappa shape index (κ3) is 9.14. The molecular weight excluding hydrogens is 586 g/mol. The molecular formula is C41H53O2P2+. The molecule has 2 aliphatic carbocycles. The second-order valence-electron chi connectivity index (χ2n) is 13.1. The molecule has 3 atom stereocenters.